The number of likely N-dealkylation sites (tertiary alicyclic amines) is 1. The molecular formula is C13H24N4. The fourth-order valence-corrected chi connectivity index (χ4v) is 2.43. The van der Waals surface area contributed by atoms with Crippen LogP contribution in [0.2, 0.25) is 0 Å². The molecule has 17 heavy (non-hydrogen) atoms. The molecule has 1 aromatic heterocycles. The Morgan fingerprint density at radius 2 is 2.12 bits per heavy atom. The summed E-state index contributed by atoms with van der Waals surface area (Å²) in [7, 11) is 2.07. The lowest BCUT2D eigenvalue weighted by Gasteiger charge is -2.39. The van der Waals surface area contributed by atoms with Gasteiger partial charge in [0.25, 0.3) is 0 Å². The molecule has 1 aromatic rings. The minimum absolute atomic E-state index is 0.330. The van der Waals surface area contributed by atoms with E-state index in [1.807, 2.05) is 6.20 Å². The Balaban J connectivity index is 1.90. The van der Waals surface area contributed by atoms with Gasteiger partial charge in [-0.15, -0.1) is 0 Å². The molecule has 1 N–H and O–H groups in total. The van der Waals surface area contributed by atoms with Crippen molar-refractivity contribution in [1.29, 1.82) is 0 Å². The van der Waals surface area contributed by atoms with Gasteiger partial charge < -0.3 is 9.88 Å². The highest BCUT2D eigenvalue weighted by molar-refractivity contribution is 4.95. The first-order valence-corrected chi connectivity index (χ1v) is 6.58. The first-order valence-electron chi connectivity index (χ1n) is 6.58. The minimum Gasteiger partial charge on any atom is -0.334 e. The lowest BCUT2D eigenvalue weighted by atomic mass is 9.90. The van der Waals surface area contributed by atoms with Crippen molar-refractivity contribution in [2.45, 2.75) is 45.3 Å². The number of imidazole rings is 1. The van der Waals surface area contributed by atoms with Crippen molar-refractivity contribution in [3.05, 3.63) is 18.2 Å². The zero-order valence-electron chi connectivity index (χ0n) is 11.2. The van der Waals surface area contributed by atoms with Crippen LogP contribution in [-0.2, 0) is 13.1 Å². The van der Waals surface area contributed by atoms with Crippen LogP contribution in [0.4, 0.5) is 0 Å². The SMILES string of the molecule is CCn1ccnc1CN1CCC(C)(NC)CC1. The second-order valence-corrected chi connectivity index (χ2v) is 5.22. The smallest absolute Gasteiger partial charge is 0.122 e. The number of piperidine rings is 1. The Kier molecular flexibility index (Phi) is 3.84. The number of hydrogen-bond acceptors (Lipinski definition) is 3. The van der Waals surface area contributed by atoms with Crippen LogP contribution < -0.4 is 5.32 Å². The number of nitrogens with zero attached hydrogens (tertiary/aromatic N) is 3. The Morgan fingerprint density at radius 3 is 2.71 bits per heavy atom. The third-order valence-electron chi connectivity index (χ3n) is 4.07. The van der Waals surface area contributed by atoms with Crippen molar-refractivity contribution < 1.29 is 0 Å². The summed E-state index contributed by atoms with van der Waals surface area (Å²) in [5, 5.41) is 3.43. The number of aromatic nitrogens is 2. The Hall–Kier alpha value is -0.870. The molecule has 1 fully saturated rings. The molecule has 2 heterocycles. The zero-order chi connectivity index (χ0) is 12.3. The van der Waals surface area contributed by atoms with Crippen LogP contribution in [0.15, 0.2) is 12.4 Å². The van der Waals surface area contributed by atoms with Crippen LogP contribution in [0, 0.1) is 0 Å². The van der Waals surface area contributed by atoms with Crippen LogP contribution >= 0.6 is 0 Å². The average Bonchev–Trinajstić information content (AvgIpc) is 2.80. The fraction of sp³-hybridized carbons (Fsp3) is 0.769. The molecular weight excluding hydrogens is 212 g/mol. The van der Waals surface area contributed by atoms with Crippen LogP contribution in [0.25, 0.3) is 0 Å². The van der Waals surface area contributed by atoms with Gasteiger partial charge in [-0.1, -0.05) is 0 Å². The molecule has 0 radical (unpaired) electrons. The van der Waals surface area contributed by atoms with Crippen LogP contribution in [0.3, 0.4) is 0 Å². The molecule has 0 unspecified atom stereocenters. The van der Waals surface area contributed by atoms with E-state index in [1.165, 1.54) is 18.7 Å². The van der Waals surface area contributed by atoms with Gasteiger partial charge in [-0.25, -0.2) is 4.98 Å². The molecule has 96 valence electrons. The van der Waals surface area contributed by atoms with E-state index in [0.29, 0.717) is 5.54 Å². The highest BCUT2D eigenvalue weighted by Gasteiger charge is 2.28. The van der Waals surface area contributed by atoms with Crippen LogP contribution in [0.5, 0.6) is 0 Å². The van der Waals surface area contributed by atoms with Gasteiger partial charge in [0.05, 0.1) is 6.54 Å². The molecule has 0 aromatic carbocycles. The van der Waals surface area contributed by atoms with E-state index >= 15 is 0 Å². The molecule has 2 rings (SSSR count). The average molecular weight is 236 g/mol. The molecule has 0 spiro atoms. The van der Waals surface area contributed by atoms with E-state index in [-0.39, 0.29) is 0 Å². The molecule has 0 bridgehead atoms. The fourth-order valence-electron chi connectivity index (χ4n) is 2.43. The molecule has 4 nitrogen and oxygen atoms in total. The first kappa shape index (κ1) is 12.6. The van der Waals surface area contributed by atoms with Gasteiger partial charge in [-0.3, -0.25) is 4.90 Å². The summed E-state index contributed by atoms with van der Waals surface area (Å²) in [6.07, 6.45) is 6.41. The van der Waals surface area contributed by atoms with E-state index < -0.39 is 0 Å². The standard InChI is InChI=1S/C13H24N4/c1-4-17-10-7-15-12(17)11-16-8-5-13(2,14-3)6-9-16/h7,10,14H,4-6,8-9,11H2,1-3H3. The number of rotatable bonds is 4. The lowest BCUT2D eigenvalue weighted by molar-refractivity contribution is 0.142. The predicted molar refractivity (Wildman–Crippen MR) is 69.9 cm³/mol. The van der Waals surface area contributed by atoms with E-state index in [9.17, 15) is 0 Å². The molecule has 1 aliphatic heterocycles. The summed E-state index contributed by atoms with van der Waals surface area (Å²) in [5.41, 5.74) is 0.330. The number of aryl methyl sites for hydroxylation is 1. The second kappa shape index (κ2) is 5.19. The van der Waals surface area contributed by atoms with Gasteiger partial charge in [-0.2, -0.15) is 0 Å². The summed E-state index contributed by atoms with van der Waals surface area (Å²) in [5.74, 6) is 1.19. The van der Waals surface area contributed by atoms with Crippen molar-refractivity contribution in [3.8, 4) is 0 Å². The molecule has 0 amide bonds. The molecule has 4 heteroatoms. The van der Waals surface area contributed by atoms with E-state index in [1.54, 1.807) is 0 Å². The summed E-state index contributed by atoms with van der Waals surface area (Å²) < 4.78 is 2.23. The molecule has 1 saturated heterocycles. The maximum Gasteiger partial charge on any atom is 0.122 e. The quantitative estimate of drug-likeness (QED) is 0.859. The Morgan fingerprint density at radius 1 is 1.41 bits per heavy atom. The Bertz CT molecular complexity index is 350. The highest BCUT2D eigenvalue weighted by Crippen LogP contribution is 2.22. The van der Waals surface area contributed by atoms with Crippen molar-refractivity contribution in [1.82, 2.24) is 19.8 Å². The molecule has 0 saturated carbocycles. The van der Waals surface area contributed by atoms with Crippen molar-refractivity contribution in [2.24, 2.45) is 0 Å². The van der Waals surface area contributed by atoms with Crippen molar-refractivity contribution in [2.75, 3.05) is 20.1 Å². The monoisotopic (exact) mass is 236 g/mol. The first-order chi connectivity index (χ1) is 8.17. The number of nitrogens with one attached hydrogen (secondary N) is 1. The van der Waals surface area contributed by atoms with Crippen molar-refractivity contribution >= 4 is 0 Å². The van der Waals surface area contributed by atoms with Crippen molar-refractivity contribution in [3.63, 3.8) is 0 Å². The van der Waals surface area contributed by atoms with Crippen LogP contribution in [0.1, 0.15) is 32.5 Å². The van der Waals surface area contributed by atoms with Gasteiger partial charge in [0.15, 0.2) is 0 Å². The largest absolute Gasteiger partial charge is 0.334 e. The predicted octanol–water partition coefficient (Wildman–Crippen LogP) is 1.48. The summed E-state index contributed by atoms with van der Waals surface area (Å²) in [6, 6.07) is 0. The summed E-state index contributed by atoms with van der Waals surface area (Å²) >= 11 is 0. The topological polar surface area (TPSA) is 33.1 Å². The minimum atomic E-state index is 0.330. The van der Waals surface area contributed by atoms with Gasteiger partial charge in [-0.05, 0) is 33.7 Å². The molecule has 0 atom stereocenters. The molecule has 0 aliphatic carbocycles. The van der Waals surface area contributed by atoms with E-state index in [0.717, 1.165) is 26.2 Å². The third-order valence-corrected chi connectivity index (χ3v) is 4.07. The third kappa shape index (κ3) is 2.87. The second-order valence-electron chi connectivity index (χ2n) is 5.22. The maximum absolute atomic E-state index is 4.44. The molecule has 1 aliphatic rings. The van der Waals surface area contributed by atoms with Crippen LogP contribution in [-0.4, -0.2) is 40.1 Å². The van der Waals surface area contributed by atoms with Gasteiger partial charge in [0.1, 0.15) is 5.82 Å². The van der Waals surface area contributed by atoms with Gasteiger partial charge >= 0.3 is 0 Å². The van der Waals surface area contributed by atoms with Gasteiger partial charge in [0, 0.05) is 37.6 Å². The number of hydrogen-bond donors (Lipinski definition) is 1. The Labute approximate surface area is 104 Å². The maximum atomic E-state index is 4.44. The van der Waals surface area contributed by atoms with E-state index in [4.69, 9.17) is 0 Å². The van der Waals surface area contributed by atoms with E-state index in [2.05, 4.69) is 46.9 Å². The lowest BCUT2D eigenvalue weighted by Crippen LogP contribution is -2.49. The summed E-state index contributed by atoms with van der Waals surface area (Å²) in [4.78, 5) is 6.95. The van der Waals surface area contributed by atoms with Gasteiger partial charge in [0.2, 0.25) is 0 Å². The summed E-state index contributed by atoms with van der Waals surface area (Å²) in [6.45, 7) is 8.80. The highest BCUT2D eigenvalue weighted by atomic mass is 15.2. The normalized spacial score (nSPS) is 20.6. The zero-order valence-corrected chi connectivity index (χ0v) is 11.2.